The number of amides is 1. The predicted octanol–water partition coefficient (Wildman–Crippen LogP) is 5.19. The largest absolute Gasteiger partial charge is 0.335 e. The van der Waals surface area contributed by atoms with E-state index in [1.54, 1.807) is 23.5 Å². The molecule has 0 spiro atoms. The third-order valence-electron chi connectivity index (χ3n) is 7.57. The van der Waals surface area contributed by atoms with Crippen LogP contribution in [0.2, 0.25) is 0 Å². The van der Waals surface area contributed by atoms with Crippen LogP contribution in [0.5, 0.6) is 0 Å². The number of hydrogen-bond donors (Lipinski definition) is 1. The van der Waals surface area contributed by atoms with Gasteiger partial charge in [0.05, 0.1) is 17.7 Å². The molecule has 0 aromatic heterocycles. The van der Waals surface area contributed by atoms with Gasteiger partial charge in [-0.25, -0.2) is 9.38 Å². The second-order valence-electron chi connectivity index (χ2n) is 9.73. The van der Waals surface area contributed by atoms with Crippen LogP contribution in [0.1, 0.15) is 69.6 Å². The molecule has 0 radical (unpaired) electrons. The van der Waals surface area contributed by atoms with Gasteiger partial charge in [-0.15, -0.1) is 4.53 Å². The van der Waals surface area contributed by atoms with E-state index in [1.165, 1.54) is 11.1 Å². The molecule has 0 fully saturated rings. The fraction of sp³-hybridized carbons (Fsp3) is 0.400. The summed E-state index contributed by atoms with van der Waals surface area (Å²) in [4.78, 5) is 20.5. The van der Waals surface area contributed by atoms with Crippen LogP contribution in [0, 0.1) is 34.1 Å². The first-order valence-electron chi connectivity index (χ1n) is 12.9. The van der Waals surface area contributed by atoms with Gasteiger partial charge in [0, 0.05) is 69.9 Å². The first-order chi connectivity index (χ1) is 17.8. The normalized spacial score (nSPS) is 16.9. The highest BCUT2D eigenvalue weighted by Crippen LogP contribution is 2.30. The summed E-state index contributed by atoms with van der Waals surface area (Å²) in [6, 6.07) is 7.36. The van der Waals surface area contributed by atoms with Crippen molar-refractivity contribution >= 4 is 18.2 Å². The van der Waals surface area contributed by atoms with Crippen LogP contribution in [0.25, 0.3) is 0 Å². The number of guanidine groups is 1. The molecule has 1 amide bonds. The van der Waals surface area contributed by atoms with E-state index in [4.69, 9.17) is 9.52 Å². The average Bonchev–Trinajstić information content (AvgIpc) is 2.91. The number of nitrogens with one attached hydrogen (secondary N) is 1. The number of carbonyl (C=O) groups excluding carboxylic acids is 2. The number of benzene rings is 2. The van der Waals surface area contributed by atoms with Crippen LogP contribution in [-0.2, 0) is 17.7 Å². The topological polar surface area (TPSA) is 59.2 Å². The van der Waals surface area contributed by atoms with E-state index in [0.29, 0.717) is 37.7 Å². The third-order valence-corrected chi connectivity index (χ3v) is 7.57. The minimum absolute atomic E-state index is 0.0819. The van der Waals surface area contributed by atoms with Crippen molar-refractivity contribution in [3.8, 4) is 0 Å². The van der Waals surface area contributed by atoms with E-state index in [9.17, 15) is 9.18 Å². The minimum Gasteiger partial charge on any atom is -0.333 e. The Balaban J connectivity index is 1.56. The number of nitrogens with zero attached hydrogens (tertiary/aromatic N) is 3. The van der Waals surface area contributed by atoms with Crippen molar-refractivity contribution in [3.05, 3.63) is 86.5 Å². The van der Waals surface area contributed by atoms with Gasteiger partial charge in [-0.2, -0.15) is 0 Å². The molecule has 0 saturated heterocycles. The highest BCUT2D eigenvalue weighted by Gasteiger charge is 2.36. The zero-order chi connectivity index (χ0) is 26.7. The van der Waals surface area contributed by atoms with Crippen LogP contribution in [0.15, 0.2) is 40.5 Å². The standard InChI is InChI=1S/C30H37FN4O2/c1-7-26-20(4)19(3)21(5)28(22(26)6)29(36)34-14-13-27-25(17-34)18-35(37-8-2)30(33-27)32-16-24-11-9-23(15-31)10-12-24/h7-12H,13-18H2,1-6H3,(H,32,33)/q+2. The summed E-state index contributed by atoms with van der Waals surface area (Å²) in [5, 5.41) is 5.17. The van der Waals surface area contributed by atoms with E-state index >= 15 is 0 Å². The van der Waals surface area contributed by atoms with Crippen LogP contribution >= 0.6 is 0 Å². The van der Waals surface area contributed by atoms with Crippen molar-refractivity contribution < 1.29 is 13.7 Å². The van der Waals surface area contributed by atoms with Gasteiger partial charge < -0.3 is 10.2 Å². The summed E-state index contributed by atoms with van der Waals surface area (Å²) in [6.45, 7) is 13.9. The molecular weight excluding hydrogens is 467 g/mol. The molecule has 0 bridgehead atoms. The summed E-state index contributed by atoms with van der Waals surface area (Å²) in [7, 11) is 0. The number of hydroxylamine groups is 2. The second-order valence-corrected chi connectivity index (χ2v) is 9.73. The fourth-order valence-corrected chi connectivity index (χ4v) is 5.26. The SMILES string of the molecule is CC=[O+]N1CC2=C(CCN(C(=O)c3c(C)c(C)c(C)c([CH+]C)c3C)C2)NC1=NCc1ccc(CF)cc1. The highest BCUT2D eigenvalue weighted by molar-refractivity contribution is 5.98. The number of hydrogen-bond acceptors (Lipinski definition) is 2. The molecule has 2 aliphatic rings. The van der Waals surface area contributed by atoms with Gasteiger partial charge in [-0.3, -0.25) is 4.79 Å². The zero-order valence-corrected chi connectivity index (χ0v) is 22.7. The Labute approximate surface area is 219 Å². The molecule has 37 heavy (non-hydrogen) atoms. The van der Waals surface area contributed by atoms with E-state index < -0.39 is 6.67 Å². The third kappa shape index (κ3) is 5.26. The molecule has 6 nitrogen and oxygen atoms in total. The Kier molecular flexibility index (Phi) is 8.00. The van der Waals surface area contributed by atoms with Crippen molar-refractivity contribution in [1.29, 1.82) is 0 Å². The molecule has 0 unspecified atom stereocenters. The summed E-state index contributed by atoms with van der Waals surface area (Å²) in [5.41, 5.74) is 10.4. The van der Waals surface area contributed by atoms with Gasteiger partial charge in [-0.1, -0.05) is 24.3 Å². The molecule has 1 N–H and O–H groups in total. The van der Waals surface area contributed by atoms with Gasteiger partial charge >= 0.3 is 6.29 Å². The lowest BCUT2D eigenvalue weighted by Gasteiger charge is -2.34. The van der Waals surface area contributed by atoms with Crippen molar-refractivity contribution in [1.82, 2.24) is 15.3 Å². The van der Waals surface area contributed by atoms with Gasteiger partial charge in [-0.05, 0) is 36.1 Å². The van der Waals surface area contributed by atoms with Crippen LogP contribution in [0.4, 0.5) is 4.39 Å². The predicted molar refractivity (Wildman–Crippen MR) is 146 cm³/mol. The molecule has 2 heterocycles. The number of aldehydes is 1. The van der Waals surface area contributed by atoms with Gasteiger partial charge in [0.15, 0.2) is 0 Å². The molecule has 2 aromatic rings. The Morgan fingerprint density at radius 3 is 2.43 bits per heavy atom. The highest BCUT2D eigenvalue weighted by atomic mass is 19.1. The lowest BCUT2D eigenvalue weighted by Crippen LogP contribution is -2.51. The number of halogens is 1. The molecule has 0 atom stereocenters. The molecule has 2 aliphatic heterocycles. The lowest BCUT2D eigenvalue weighted by molar-refractivity contribution is -0.613. The van der Waals surface area contributed by atoms with Gasteiger partial charge in [0.2, 0.25) is 0 Å². The van der Waals surface area contributed by atoms with Crippen molar-refractivity contribution in [2.24, 2.45) is 4.99 Å². The summed E-state index contributed by atoms with van der Waals surface area (Å²) < 4.78 is 18.6. The Bertz CT molecular complexity index is 1280. The summed E-state index contributed by atoms with van der Waals surface area (Å²) in [6.07, 6.45) is 4.45. The first kappa shape index (κ1) is 26.5. The first-order valence-corrected chi connectivity index (χ1v) is 12.9. The second kappa shape index (κ2) is 11.2. The molecule has 7 heteroatoms. The molecule has 0 saturated carbocycles. The quantitative estimate of drug-likeness (QED) is 0.335. The molecule has 0 aliphatic carbocycles. The number of aliphatic imine (C=N–C) groups is 1. The van der Waals surface area contributed by atoms with Crippen LogP contribution < -0.4 is 5.32 Å². The Hall–Kier alpha value is -3.61. The maximum Gasteiger partial charge on any atom is 0.335 e. The Morgan fingerprint density at radius 2 is 1.78 bits per heavy atom. The monoisotopic (exact) mass is 504 g/mol. The van der Waals surface area contributed by atoms with Gasteiger partial charge in [0.25, 0.3) is 11.9 Å². The average molecular weight is 505 g/mol. The van der Waals surface area contributed by atoms with Crippen molar-refractivity contribution in [2.45, 2.75) is 61.2 Å². The zero-order valence-electron chi connectivity index (χ0n) is 22.7. The van der Waals surface area contributed by atoms with E-state index in [-0.39, 0.29) is 5.91 Å². The maximum atomic E-state index is 13.8. The van der Waals surface area contributed by atoms with Crippen molar-refractivity contribution in [2.75, 3.05) is 19.6 Å². The maximum absolute atomic E-state index is 13.8. The van der Waals surface area contributed by atoms with Crippen molar-refractivity contribution in [3.63, 3.8) is 0 Å². The van der Waals surface area contributed by atoms with Gasteiger partial charge in [0.1, 0.15) is 24.3 Å². The lowest BCUT2D eigenvalue weighted by atomic mass is 9.87. The van der Waals surface area contributed by atoms with Crippen LogP contribution in [0.3, 0.4) is 0 Å². The molecule has 194 valence electrons. The van der Waals surface area contributed by atoms with E-state index in [1.807, 2.05) is 30.9 Å². The number of rotatable bonds is 6. The Morgan fingerprint density at radius 1 is 1.08 bits per heavy atom. The number of alkyl halides is 1. The summed E-state index contributed by atoms with van der Waals surface area (Å²) >= 11 is 0. The fourth-order valence-electron chi connectivity index (χ4n) is 5.26. The molecule has 4 rings (SSSR count). The molecular formula is C30H37FN4O2+2. The van der Waals surface area contributed by atoms with E-state index in [2.05, 4.69) is 39.4 Å². The number of carbonyl (C=O) groups is 1. The van der Waals surface area contributed by atoms with Crippen LogP contribution in [-0.4, -0.2) is 47.8 Å². The molecule has 2 aromatic carbocycles. The summed E-state index contributed by atoms with van der Waals surface area (Å²) in [5.74, 6) is 0.716. The minimum atomic E-state index is -0.471. The van der Waals surface area contributed by atoms with E-state index in [0.717, 1.165) is 45.5 Å². The smallest absolute Gasteiger partial charge is 0.333 e.